The maximum atomic E-state index is 11.5. The largest absolute Gasteiger partial charge is 0.512 e. The fraction of sp³-hybridized carbons (Fsp3) is 0.362. The minimum Gasteiger partial charge on any atom is -0.512 e. The number of aliphatic hydroxyl groups excluding tert-OH is 1. The Kier molecular flexibility index (Phi) is 12.8. The number of ketones is 1. The third-order valence-corrected chi connectivity index (χ3v) is 9.51. The number of allylic oxidation sites excluding steroid dienone is 2. The van der Waals surface area contributed by atoms with Crippen LogP contribution < -0.4 is 0 Å². The van der Waals surface area contributed by atoms with E-state index in [1.54, 1.807) is 0 Å². The molecule has 6 rings (SSSR count). The Morgan fingerprint density at radius 3 is 1.83 bits per heavy atom. The van der Waals surface area contributed by atoms with Crippen LogP contribution in [-0.2, 0) is 24.9 Å². The Hall–Kier alpha value is -4.25. The van der Waals surface area contributed by atoms with Crippen LogP contribution in [0.15, 0.2) is 91.1 Å². The van der Waals surface area contributed by atoms with Crippen LogP contribution in [0.4, 0.5) is 0 Å². The molecular formula is C47H54IrN3O2-. The van der Waals surface area contributed by atoms with Crippen molar-refractivity contribution in [2.75, 3.05) is 0 Å². The van der Waals surface area contributed by atoms with Crippen LogP contribution in [0.2, 0.25) is 0 Å². The zero-order valence-electron chi connectivity index (χ0n) is 33.3. The first kappa shape index (κ1) is 41.5. The quantitative estimate of drug-likeness (QED) is 0.0780. The van der Waals surface area contributed by atoms with Gasteiger partial charge < -0.3 is 10.1 Å². The molecule has 0 bridgehead atoms. The third-order valence-electron chi connectivity index (χ3n) is 9.51. The summed E-state index contributed by atoms with van der Waals surface area (Å²) in [7, 11) is 0. The molecule has 2 heterocycles. The van der Waals surface area contributed by atoms with E-state index in [0.717, 1.165) is 33.6 Å². The number of aromatic nitrogens is 3. The maximum Gasteiger partial charge on any atom is 0.164 e. The van der Waals surface area contributed by atoms with Gasteiger partial charge in [0, 0.05) is 67.1 Å². The van der Waals surface area contributed by atoms with Crippen LogP contribution in [-0.4, -0.2) is 25.8 Å². The summed E-state index contributed by atoms with van der Waals surface area (Å²) in [6.45, 7) is 24.3. The number of fused-ring (bicyclic) bond motifs is 5. The van der Waals surface area contributed by atoms with Gasteiger partial charge in [-0.15, -0.1) is 34.9 Å². The molecule has 4 aromatic carbocycles. The molecule has 0 unspecified atom stereocenters. The van der Waals surface area contributed by atoms with Crippen molar-refractivity contribution in [3.63, 3.8) is 0 Å². The van der Waals surface area contributed by atoms with Gasteiger partial charge in [0.15, 0.2) is 5.78 Å². The van der Waals surface area contributed by atoms with Crippen molar-refractivity contribution >= 4 is 38.1 Å². The van der Waals surface area contributed by atoms with Crippen molar-refractivity contribution in [2.45, 2.75) is 101 Å². The van der Waals surface area contributed by atoms with E-state index < -0.39 is 5.41 Å². The molecule has 2 aromatic heterocycles. The minimum atomic E-state index is -0.417. The zero-order valence-corrected chi connectivity index (χ0v) is 35.7. The van der Waals surface area contributed by atoms with Crippen molar-refractivity contribution in [3.05, 3.63) is 114 Å². The summed E-state index contributed by atoms with van der Waals surface area (Å²) in [4.78, 5) is 25.5. The third kappa shape index (κ3) is 9.47. The van der Waals surface area contributed by atoms with Gasteiger partial charge in [0.2, 0.25) is 0 Å². The van der Waals surface area contributed by atoms with Gasteiger partial charge in [-0.05, 0) is 67.5 Å². The molecule has 0 aliphatic rings. The summed E-state index contributed by atoms with van der Waals surface area (Å²) < 4.78 is 0. The number of aliphatic hydroxyl groups is 1. The second kappa shape index (κ2) is 16.4. The van der Waals surface area contributed by atoms with Crippen molar-refractivity contribution < 1.29 is 30.0 Å². The average Bonchev–Trinajstić information content (AvgIpc) is 3.10. The van der Waals surface area contributed by atoms with Gasteiger partial charge >= 0.3 is 0 Å². The molecule has 6 heteroatoms. The van der Waals surface area contributed by atoms with Crippen molar-refractivity contribution in [1.82, 2.24) is 15.0 Å². The standard InChI is InChI=1S/C36H34N3.C11H20O2.Ir/c1-21(2)26-16-27(22(3)4)18-28(17-26)35-34-12-11-31-30-9-7-24(29-19-38-36(23(5)6)39-20-29)15-25(30)8-10-32(31)33(34)13-14-37-35;1-10(2,3)8(12)7-9(13)11(4,5)6;/h7-17,19-23H,1-6H3;7,12H,1-6H3;/q-1;;/b;8-7-;. The smallest absolute Gasteiger partial charge is 0.164 e. The van der Waals surface area contributed by atoms with Crippen LogP contribution in [0.5, 0.6) is 0 Å². The molecule has 53 heavy (non-hydrogen) atoms. The van der Waals surface area contributed by atoms with Gasteiger partial charge in [0.05, 0.1) is 0 Å². The van der Waals surface area contributed by atoms with E-state index in [1.165, 1.54) is 44.1 Å². The predicted molar refractivity (Wildman–Crippen MR) is 219 cm³/mol. The van der Waals surface area contributed by atoms with E-state index in [1.807, 2.05) is 60.1 Å². The summed E-state index contributed by atoms with van der Waals surface area (Å²) in [6, 6.07) is 26.0. The van der Waals surface area contributed by atoms with Crippen molar-refractivity contribution in [1.29, 1.82) is 0 Å². The fourth-order valence-electron chi connectivity index (χ4n) is 5.94. The Morgan fingerprint density at radius 1 is 0.660 bits per heavy atom. The molecule has 0 aliphatic heterocycles. The molecular weight excluding hydrogens is 831 g/mol. The SMILES string of the molecule is CC(C)(C)C(=O)/C=C(\O)C(C)(C)C.CC(C)c1[c-]c(-c2nccc3c2ccc2c4ccc(-c5cnc(C(C)C)nc5)cc4ccc32)cc(C(C)C)c1.[Ir]. The van der Waals surface area contributed by atoms with Crippen LogP contribution >= 0.6 is 0 Å². The number of hydrogen-bond donors (Lipinski definition) is 1. The summed E-state index contributed by atoms with van der Waals surface area (Å²) >= 11 is 0. The van der Waals surface area contributed by atoms with Gasteiger partial charge in [-0.25, -0.2) is 9.97 Å². The average molecular weight is 885 g/mol. The number of benzene rings is 4. The van der Waals surface area contributed by atoms with Crippen LogP contribution in [0.1, 0.15) is 118 Å². The molecule has 0 amide bonds. The molecule has 1 radical (unpaired) electrons. The Bertz CT molecular complexity index is 2250. The van der Waals surface area contributed by atoms with Crippen molar-refractivity contribution in [3.8, 4) is 22.4 Å². The van der Waals surface area contributed by atoms with Gasteiger partial charge in [0.25, 0.3) is 0 Å². The number of nitrogens with zero attached hydrogens (tertiary/aromatic N) is 3. The Morgan fingerprint density at radius 2 is 1.25 bits per heavy atom. The number of carbonyl (C=O) groups is 1. The number of rotatable bonds is 6. The van der Waals surface area contributed by atoms with Gasteiger partial charge in [-0.2, -0.15) is 0 Å². The van der Waals surface area contributed by atoms with Gasteiger partial charge in [-0.3, -0.25) is 4.79 Å². The molecule has 279 valence electrons. The summed E-state index contributed by atoms with van der Waals surface area (Å²) in [6.07, 6.45) is 7.14. The van der Waals surface area contributed by atoms with Crippen molar-refractivity contribution in [2.24, 2.45) is 10.8 Å². The van der Waals surface area contributed by atoms with Crippen LogP contribution in [0, 0.1) is 16.9 Å². The zero-order chi connectivity index (χ0) is 38.1. The normalized spacial score (nSPS) is 12.4. The monoisotopic (exact) mass is 885 g/mol. The molecule has 5 nitrogen and oxygen atoms in total. The Balaban J connectivity index is 0.000000386. The first-order chi connectivity index (χ1) is 24.3. The van der Waals surface area contributed by atoms with E-state index in [-0.39, 0.29) is 37.1 Å². The van der Waals surface area contributed by atoms with Gasteiger partial charge in [0.1, 0.15) is 11.6 Å². The fourth-order valence-corrected chi connectivity index (χ4v) is 5.94. The summed E-state index contributed by atoms with van der Waals surface area (Å²) in [5.74, 6) is 2.16. The second-order valence-corrected chi connectivity index (χ2v) is 16.9. The first-order valence-electron chi connectivity index (χ1n) is 18.4. The van der Waals surface area contributed by atoms with E-state index in [2.05, 4.69) is 118 Å². The number of pyridine rings is 1. The number of hydrogen-bond acceptors (Lipinski definition) is 5. The summed E-state index contributed by atoms with van der Waals surface area (Å²) in [5.41, 5.74) is 6.05. The molecule has 0 aliphatic carbocycles. The van der Waals surface area contributed by atoms with Crippen LogP contribution in [0.25, 0.3) is 54.7 Å². The van der Waals surface area contributed by atoms with E-state index in [0.29, 0.717) is 17.8 Å². The Labute approximate surface area is 329 Å². The summed E-state index contributed by atoms with van der Waals surface area (Å²) in [5, 5.41) is 16.9. The van der Waals surface area contributed by atoms with E-state index in [4.69, 9.17) is 4.98 Å². The van der Waals surface area contributed by atoms with E-state index in [9.17, 15) is 9.90 Å². The molecule has 6 aromatic rings. The van der Waals surface area contributed by atoms with Crippen LogP contribution in [0.3, 0.4) is 0 Å². The molecule has 0 saturated carbocycles. The minimum absolute atomic E-state index is 0. The molecule has 0 spiro atoms. The molecule has 0 fully saturated rings. The predicted octanol–water partition coefficient (Wildman–Crippen LogP) is 12.9. The topological polar surface area (TPSA) is 76.0 Å². The number of carbonyl (C=O) groups excluding carboxylic acids is 1. The van der Waals surface area contributed by atoms with Gasteiger partial charge in [-0.1, -0.05) is 119 Å². The molecule has 0 saturated heterocycles. The molecule has 0 atom stereocenters. The first-order valence-corrected chi connectivity index (χ1v) is 18.4. The second-order valence-electron chi connectivity index (χ2n) is 16.9. The maximum absolute atomic E-state index is 11.5. The molecule has 1 N–H and O–H groups in total. The van der Waals surface area contributed by atoms with E-state index >= 15 is 0 Å².